The SMILES string of the molecule is Cc1ccc(C#N)cc1NS(=O)(=O)c1ccc(Br)cc1N. The molecule has 2 aromatic carbocycles. The molecular formula is C14H12BrN3O2S. The van der Waals surface area contributed by atoms with Crippen LogP contribution in [0.2, 0.25) is 0 Å². The van der Waals surface area contributed by atoms with Gasteiger partial charge in [0.15, 0.2) is 0 Å². The van der Waals surface area contributed by atoms with Crippen molar-refractivity contribution in [3.8, 4) is 6.07 Å². The summed E-state index contributed by atoms with van der Waals surface area (Å²) in [6, 6.07) is 11.3. The Hall–Kier alpha value is -2.04. The number of nitrogens with one attached hydrogen (secondary N) is 1. The second kappa shape index (κ2) is 5.76. The van der Waals surface area contributed by atoms with Crippen LogP contribution in [-0.2, 0) is 10.0 Å². The minimum Gasteiger partial charge on any atom is -0.398 e. The van der Waals surface area contributed by atoms with E-state index in [-0.39, 0.29) is 10.6 Å². The third-order valence-corrected chi connectivity index (χ3v) is 4.81. The molecule has 0 aliphatic rings. The van der Waals surface area contributed by atoms with E-state index in [4.69, 9.17) is 11.0 Å². The molecule has 5 nitrogen and oxygen atoms in total. The first-order valence-corrected chi connectivity index (χ1v) is 8.20. The highest BCUT2D eigenvalue weighted by atomic mass is 79.9. The van der Waals surface area contributed by atoms with Gasteiger partial charge in [-0.3, -0.25) is 4.72 Å². The van der Waals surface area contributed by atoms with Crippen LogP contribution in [-0.4, -0.2) is 8.42 Å². The molecule has 7 heteroatoms. The average molecular weight is 366 g/mol. The normalized spacial score (nSPS) is 10.9. The zero-order valence-corrected chi connectivity index (χ0v) is 13.5. The van der Waals surface area contributed by atoms with E-state index in [1.807, 2.05) is 6.07 Å². The fourth-order valence-electron chi connectivity index (χ4n) is 1.77. The van der Waals surface area contributed by atoms with Crippen molar-refractivity contribution >= 4 is 37.3 Å². The Bertz CT molecular complexity index is 842. The summed E-state index contributed by atoms with van der Waals surface area (Å²) in [6.07, 6.45) is 0. The number of hydrogen-bond acceptors (Lipinski definition) is 4. The summed E-state index contributed by atoms with van der Waals surface area (Å²) in [6.45, 7) is 1.75. The van der Waals surface area contributed by atoms with E-state index in [2.05, 4.69) is 20.7 Å². The zero-order chi connectivity index (χ0) is 15.6. The van der Waals surface area contributed by atoms with Crippen molar-refractivity contribution in [2.75, 3.05) is 10.5 Å². The van der Waals surface area contributed by atoms with Crippen molar-refractivity contribution in [2.24, 2.45) is 0 Å². The Labute approximate surface area is 131 Å². The minimum atomic E-state index is -3.81. The molecule has 2 rings (SSSR count). The van der Waals surface area contributed by atoms with Gasteiger partial charge in [0.25, 0.3) is 10.0 Å². The van der Waals surface area contributed by atoms with Crippen LogP contribution < -0.4 is 10.5 Å². The minimum absolute atomic E-state index is 0.00698. The number of aryl methyl sites for hydroxylation is 1. The molecule has 2 aromatic rings. The van der Waals surface area contributed by atoms with E-state index in [1.54, 1.807) is 25.1 Å². The van der Waals surface area contributed by atoms with Crippen LogP contribution in [0.25, 0.3) is 0 Å². The Kier molecular flexibility index (Phi) is 4.21. The standard InChI is InChI=1S/C14H12BrN3O2S/c1-9-2-3-10(8-16)6-13(9)18-21(19,20)14-5-4-11(15)7-12(14)17/h2-7,18H,17H2,1H3. The third kappa shape index (κ3) is 3.35. The van der Waals surface area contributed by atoms with E-state index >= 15 is 0 Å². The van der Waals surface area contributed by atoms with E-state index in [0.717, 1.165) is 0 Å². The maximum Gasteiger partial charge on any atom is 0.263 e. The predicted octanol–water partition coefficient (Wildman–Crippen LogP) is 3.01. The van der Waals surface area contributed by atoms with Crippen LogP contribution in [0.4, 0.5) is 11.4 Å². The van der Waals surface area contributed by atoms with E-state index in [1.165, 1.54) is 18.2 Å². The molecule has 0 aliphatic heterocycles. The van der Waals surface area contributed by atoms with Gasteiger partial charge < -0.3 is 5.73 Å². The van der Waals surface area contributed by atoms with Gasteiger partial charge in [-0.2, -0.15) is 5.26 Å². The van der Waals surface area contributed by atoms with E-state index in [0.29, 0.717) is 21.3 Å². The summed E-state index contributed by atoms with van der Waals surface area (Å²) in [4.78, 5) is -0.00698. The number of hydrogen-bond donors (Lipinski definition) is 2. The summed E-state index contributed by atoms with van der Waals surface area (Å²) >= 11 is 3.23. The number of nitrogens with two attached hydrogens (primary N) is 1. The van der Waals surface area contributed by atoms with Crippen molar-refractivity contribution in [1.82, 2.24) is 0 Å². The van der Waals surface area contributed by atoms with Crippen LogP contribution in [0.5, 0.6) is 0 Å². The number of anilines is 2. The van der Waals surface area contributed by atoms with Gasteiger partial charge >= 0.3 is 0 Å². The highest BCUT2D eigenvalue weighted by molar-refractivity contribution is 9.10. The smallest absolute Gasteiger partial charge is 0.263 e. The van der Waals surface area contributed by atoms with Crippen LogP contribution in [0.3, 0.4) is 0 Å². The van der Waals surface area contributed by atoms with Gasteiger partial charge in [0, 0.05) is 4.47 Å². The number of sulfonamides is 1. The first-order valence-electron chi connectivity index (χ1n) is 5.92. The topological polar surface area (TPSA) is 96.0 Å². The molecule has 0 unspecified atom stereocenters. The van der Waals surface area contributed by atoms with Crippen molar-refractivity contribution in [1.29, 1.82) is 5.26 Å². The fourth-order valence-corrected chi connectivity index (χ4v) is 3.38. The lowest BCUT2D eigenvalue weighted by atomic mass is 10.1. The highest BCUT2D eigenvalue weighted by Gasteiger charge is 2.18. The van der Waals surface area contributed by atoms with Crippen molar-refractivity contribution in [3.63, 3.8) is 0 Å². The number of nitrogen functional groups attached to an aromatic ring is 1. The number of rotatable bonds is 3. The molecule has 3 N–H and O–H groups in total. The molecule has 0 atom stereocenters. The molecule has 0 saturated carbocycles. The second-order valence-corrected chi connectivity index (χ2v) is 7.00. The van der Waals surface area contributed by atoms with E-state index in [9.17, 15) is 8.42 Å². The Morgan fingerprint density at radius 3 is 2.57 bits per heavy atom. The largest absolute Gasteiger partial charge is 0.398 e. The molecule has 0 heterocycles. The van der Waals surface area contributed by atoms with Crippen LogP contribution in [0, 0.1) is 18.3 Å². The molecule has 0 bridgehead atoms. The first kappa shape index (κ1) is 15.4. The van der Waals surface area contributed by atoms with Crippen molar-refractivity contribution < 1.29 is 8.42 Å². The maximum absolute atomic E-state index is 12.4. The third-order valence-electron chi connectivity index (χ3n) is 2.87. The predicted molar refractivity (Wildman–Crippen MR) is 85.3 cm³/mol. The molecule has 108 valence electrons. The Morgan fingerprint density at radius 1 is 1.24 bits per heavy atom. The number of nitriles is 1. The highest BCUT2D eigenvalue weighted by Crippen LogP contribution is 2.26. The van der Waals surface area contributed by atoms with Gasteiger partial charge in [-0.05, 0) is 42.8 Å². The lowest BCUT2D eigenvalue weighted by Crippen LogP contribution is -2.15. The van der Waals surface area contributed by atoms with Gasteiger partial charge in [-0.25, -0.2) is 8.42 Å². The number of benzene rings is 2. The van der Waals surface area contributed by atoms with Crippen molar-refractivity contribution in [3.05, 3.63) is 52.0 Å². The molecule has 0 saturated heterocycles. The quantitative estimate of drug-likeness (QED) is 0.817. The van der Waals surface area contributed by atoms with Crippen molar-refractivity contribution in [2.45, 2.75) is 11.8 Å². The number of halogens is 1. The molecule has 0 radical (unpaired) electrons. The molecule has 0 aromatic heterocycles. The monoisotopic (exact) mass is 365 g/mol. The summed E-state index contributed by atoms with van der Waals surface area (Å²) in [5.41, 5.74) is 7.35. The van der Waals surface area contributed by atoms with E-state index < -0.39 is 10.0 Å². The maximum atomic E-state index is 12.4. The van der Waals surface area contributed by atoms with Crippen LogP contribution in [0.1, 0.15) is 11.1 Å². The summed E-state index contributed by atoms with van der Waals surface area (Å²) in [5, 5.41) is 8.89. The van der Waals surface area contributed by atoms with Gasteiger partial charge in [0.05, 0.1) is 23.0 Å². The molecular weight excluding hydrogens is 354 g/mol. The molecule has 21 heavy (non-hydrogen) atoms. The lowest BCUT2D eigenvalue weighted by Gasteiger charge is -2.12. The molecule has 0 amide bonds. The Balaban J connectivity index is 2.45. The summed E-state index contributed by atoms with van der Waals surface area (Å²) < 4.78 is 28.0. The van der Waals surface area contributed by atoms with Crippen LogP contribution in [0.15, 0.2) is 45.8 Å². The Morgan fingerprint density at radius 2 is 1.95 bits per heavy atom. The van der Waals surface area contributed by atoms with Crippen LogP contribution >= 0.6 is 15.9 Å². The number of nitrogens with zero attached hydrogens (tertiary/aromatic N) is 1. The second-order valence-electron chi connectivity index (χ2n) is 4.43. The fraction of sp³-hybridized carbons (Fsp3) is 0.0714. The summed E-state index contributed by atoms with van der Waals surface area (Å²) in [7, 11) is -3.81. The van der Waals surface area contributed by atoms with Gasteiger partial charge in [0.1, 0.15) is 4.90 Å². The molecule has 0 aliphatic carbocycles. The van der Waals surface area contributed by atoms with Gasteiger partial charge in [-0.1, -0.05) is 22.0 Å². The average Bonchev–Trinajstić information content (AvgIpc) is 2.40. The lowest BCUT2D eigenvalue weighted by molar-refractivity contribution is 0.601. The first-order chi connectivity index (χ1) is 9.83. The zero-order valence-electron chi connectivity index (χ0n) is 11.1. The molecule has 0 spiro atoms. The van der Waals surface area contributed by atoms with Gasteiger partial charge in [-0.15, -0.1) is 0 Å². The van der Waals surface area contributed by atoms with Gasteiger partial charge in [0.2, 0.25) is 0 Å². The summed E-state index contributed by atoms with van der Waals surface area (Å²) in [5.74, 6) is 0. The molecule has 0 fully saturated rings.